The molecule has 4 rings (SSSR count). The highest BCUT2D eigenvalue weighted by Gasteiger charge is 2.12. The third-order valence-electron chi connectivity index (χ3n) is 5.54. The Morgan fingerprint density at radius 2 is 1.59 bits per heavy atom. The predicted octanol–water partition coefficient (Wildman–Crippen LogP) is 6.69. The average molecular weight is 428 g/mol. The lowest BCUT2D eigenvalue weighted by Crippen LogP contribution is -2.30. The number of benzene rings is 3. The molecule has 0 saturated heterocycles. The van der Waals surface area contributed by atoms with Crippen LogP contribution in [-0.2, 0) is 11.3 Å². The Morgan fingerprint density at radius 3 is 2.31 bits per heavy atom. The highest BCUT2D eigenvalue weighted by Crippen LogP contribution is 2.35. The van der Waals surface area contributed by atoms with E-state index in [1.807, 2.05) is 38.1 Å². The normalized spacial score (nSPS) is 11.2. The van der Waals surface area contributed by atoms with Crippen molar-refractivity contribution in [1.29, 1.82) is 0 Å². The number of anilines is 2. The molecule has 3 aromatic carbocycles. The minimum Gasteiger partial charge on any atom is -0.445 e. The van der Waals surface area contributed by atoms with Gasteiger partial charge in [-0.05, 0) is 87.2 Å². The minimum atomic E-state index is -0.405. The molecule has 0 radical (unpaired) electrons. The summed E-state index contributed by atoms with van der Waals surface area (Å²) in [6.45, 7) is 10.4. The minimum absolute atomic E-state index is 0.0512. The van der Waals surface area contributed by atoms with Gasteiger partial charge in [0, 0.05) is 22.5 Å². The first kappa shape index (κ1) is 21.6. The van der Waals surface area contributed by atoms with E-state index >= 15 is 0 Å². The summed E-state index contributed by atoms with van der Waals surface area (Å²) in [5, 5.41) is 8.52. The molecule has 0 bridgehead atoms. The lowest BCUT2D eigenvalue weighted by Gasteiger charge is -2.15. The van der Waals surface area contributed by atoms with Crippen molar-refractivity contribution >= 4 is 39.3 Å². The molecule has 5 nitrogen and oxygen atoms in total. The summed E-state index contributed by atoms with van der Waals surface area (Å²) in [6.07, 6.45) is -0.405. The van der Waals surface area contributed by atoms with Gasteiger partial charge in [-0.25, -0.2) is 9.78 Å². The zero-order valence-corrected chi connectivity index (χ0v) is 19.2. The Morgan fingerprint density at radius 1 is 0.906 bits per heavy atom. The summed E-state index contributed by atoms with van der Waals surface area (Å²) in [6, 6.07) is 18.7. The van der Waals surface area contributed by atoms with Gasteiger partial charge < -0.3 is 15.4 Å². The molecule has 0 aliphatic carbocycles. The molecule has 4 aromatic rings. The molecule has 5 heteroatoms. The van der Waals surface area contributed by atoms with Gasteiger partial charge in [0.2, 0.25) is 0 Å². The molecular formula is C27H29N3O2. The quantitative estimate of drug-likeness (QED) is 0.348. The van der Waals surface area contributed by atoms with Crippen LogP contribution in [0.25, 0.3) is 21.8 Å². The Bertz CT molecular complexity index is 1290. The van der Waals surface area contributed by atoms with E-state index in [1.54, 1.807) is 0 Å². The number of aromatic nitrogens is 1. The molecule has 1 aromatic heterocycles. The number of nitrogens with one attached hydrogen (secondary N) is 2. The smallest absolute Gasteiger partial charge is 0.407 e. The number of ether oxygens (including phenoxy) is 1. The van der Waals surface area contributed by atoms with Crippen LogP contribution in [0, 0.1) is 20.8 Å². The van der Waals surface area contributed by atoms with Gasteiger partial charge in [-0.2, -0.15) is 0 Å². The fraction of sp³-hybridized carbons (Fsp3) is 0.259. The highest BCUT2D eigenvalue weighted by atomic mass is 16.5. The Labute approximate surface area is 188 Å². The van der Waals surface area contributed by atoms with Gasteiger partial charge in [0.15, 0.2) is 0 Å². The molecule has 0 aliphatic rings. The first-order valence-electron chi connectivity index (χ1n) is 10.9. The summed E-state index contributed by atoms with van der Waals surface area (Å²) >= 11 is 0. The lowest BCUT2D eigenvalue weighted by atomic mass is 10.0. The standard InChI is InChI=1S/C27H29N3O2/c1-16(2)28-27(31)32-15-20-7-9-21(10-8-20)29-26-22-11-6-17(3)12-24(22)30-25-14-19(5)18(4)13-23(25)26/h6-14,16H,15H2,1-5H3,(H,28,31)(H,29,30). The van der Waals surface area contributed by atoms with Crippen molar-refractivity contribution in [2.45, 2.75) is 47.3 Å². The maximum atomic E-state index is 11.7. The van der Waals surface area contributed by atoms with Crippen LogP contribution in [0.3, 0.4) is 0 Å². The van der Waals surface area contributed by atoms with Gasteiger partial charge in [-0.1, -0.05) is 24.3 Å². The number of alkyl carbamates (subject to hydrolysis) is 1. The van der Waals surface area contributed by atoms with Crippen molar-refractivity contribution < 1.29 is 9.53 Å². The van der Waals surface area contributed by atoms with E-state index in [4.69, 9.17) is 9.72 Å². The van der Waals surface area contributed by atoms with Crippen LogP contribution in [0.15, 0.2) is 54.6 Å². The van der Waals surface area contributed by atoms with Crippen LogP contribution >= 0.6 is 0 Å². The molecule has 0 saturated carbocycles. The molecule has 2 N–H and O–H groups in total. The molecule has 32 heavy (non-hydrogen) atoms. The molecule has 1 heterocycles. The van der Waals surface area contributed by atoms with Crippen LogP contribution in [-0.4, -0.2) is 17.1 Å². The Hall–Kier alpha value is -3.60. The number of fused-ring (bicyclic) bond motifs is 2. The third kappa shape index (κ3) is 4.67. The van der Waals surface area contributed by atoms with E-state index in [1.165, 1.54) is 16.7 Å². The number of carbonyl (C=O) groups is 1. The van der Waals surface area contributed by atoms with Crippen molar-refractivity contribution in [3.05, 3.63) is 76.9 Å². The molecular weight excluding hydrogens is 398 g/mol. The number of aryl methyl sites for hydroxylation is 3. The van der Waals surface area contributed by atoms with Crippen molar-refractivity contribution in [3.8, 4) is 0 Å². The summed E-state index contributed by atoms with van der Waals surface area (Å²) in [5.74, 6) is 0. The van der Waals surface area contributed by atoms with E-state index < -0.39 is 6.09 Å². The van der Waals surface area contributed by atoms with Gasteiger partial charge in [0.25, 0.3) is 0 Å². The van der Waals surface area contributed by atoms with Crippen molar-refractivity contribution in [3.63, 3.8) is 0 Å². The van der Waals surface area contributed by atoms with Crippen molar-refractivity contribution in [2.75, 3.05) is 5.32 Å². The lowest BCUT2D eigenvalue weighted by molar-refractivity contribution is 0.137. The Balaban J connectivity index is 1.65. The number of pyridine rings is 1. The second kappa shape index (κ2) is 8.87. The van der Waals surface area contributed by atoms with E-state index in [2.05, 4.69) is 61.7 Å². The first-order valence-corrected chi connectivity index (χ1v) is 10.9. The summed E-state index contributed by atoms with van der Waals surface area (Å²) < 4.78 is 5.27. The zero-order valence-electron chi connectivity index (χ0n) is 19.2. The number of amides is 1. The topological polar surface area (TPSA) is 63.2 Å². The maximum Gasteiger partial charge on any atom is 0.407 e. The average Bonchev–Trinajstić information content (AvgIpc) is 2.74. The van der Waals surface area contributed by atoms with E-state index in [9.17, 15) is 4.79 Å². The number of hydrogen-bond acceptors (Lipinski definition) is 4. The molecule has 0 atom stereocenters. The third-order valence-corrected chi connectivity index (χ3v) is 5.54. The number of rotatable bonds is 5. The molecule has 0 spiro atoms. The van der Waals surface area contributed by atoms with Crippen molar-refractivity contribution in [1.82, 2.24) is 10.3 Å². The number of carbonyl (C=O) groups excluding carboxylic acids is 1. The number of nitrogens with zero attached hydrogens (tertiary/aromatic N) is 1. The fourth-order valence-electron chi connectivity index (χ4n) is 3.70. The molecule has 0 unspecified atom stereocenters. The molecule has 0 aliphatic heterocycles. The first-order chi connectivity index (χ1) is 15.3. The second-order valence-corrected chi connectivity index (χ2v) is 8.66. The van der Waals surface area contributed by atoms with Gasteiger partial charge >= 0.3 is 6.09 Å². The monoisotopic (exact) mass is 427 g/mol. The van der Waals surface area contributed by atoms with Gasteiger partial charge in [-0.3, -0.25) is 0 Å². The predicted molar refractivity (Wildman–Crippen MR) is 132 cm³/mol. The molecule has 0 fully saturated rings. The van der Waals surface area contributed by atoms with E-state index in [-0.39, 0.29) is 12.6 Å². The fourth-order valence-corrected chi connectivity index (χ4v) is 3.70. The SMILES string of the molecule is Cc1ccc2c(Nc3ccc(COC(=O)NC(C)C)cc3)c3cc(C)c(C)cc3nc2c1. The van der Waals surface area contributed by atoms with Crippen LogP contribution in [0.2, 0.25) is 0 Å². The summed E-state index contributed by atoms with van der Waals surface area (Å²) in [7, 11) is 0. The van der Waals surface area contributed by atoms with Crippen LogP contribution < -0.4 is 10.6 Å². The van der Waals surface area contributed by atoms with Gasteiger partial charge in [0.05, 0.1) is 16.7 Å². The molecule has 1 amide bonds. The van der Waals surface area contributed by atoms with E-state index in [0.717, 1.165) is 38.7 Å². The zero-order chi connectivity index (χ0) is 22.8. The van der Waals surface area contributed by atoms with Crippen LogP contribution in [0.1, 0.15) is 36.1 Å². The summed E-state index contributed by atoms with van der Waals surface area (Å²) in [4.78, 5) is 16.6. The van der Waals surface area contributed by atoms with Crippen molar-refractivity contribution in [2.24, 2.45) is 0 Å². The molecule has 164 valence electrons. The van der Waals surface area contributed by atoms with Crippen LogP contribution in [0.5, 0.6) is 0 Å². The van der Waals surface area contributed by atoms with Gasteiger partial charge in [-0.15, -0.1) is 0 Å². The second-order valence-electron chi connectivity index (χ2n) is 8.66. The Kier molecular flexibility index (Phi) is 5.99. The van der Waals surface area contributed by atoms with E-state index in [0.29, 0.717) is 0 Å². The number of hydrogen-bond donors (Lipinski definition) is 2. The van der Waals surface area contributed by atoms with Gasteiger partial charge in [0.1, 0.15) is 6.61 Å². The summed E-state index contributed by atoms with van der Waals surface area (Å²) in [5.41, 5.74) is 8.56. The highest BCUT2D eigenvalue weighted by molar-refractivity contribution is 6.09. The largest absolute Gasteiger partial charge is 0.445 e. The maximum absolute atomic E-state index is 11.7. The van der Waals surface area contributed by atoms with Crippen LogP contribution in [0.4, 0.5) is 16.2 Å².